The van der Waals surface area contributed by atoms with Gasteiger partial charge in [-0.1, -0.05) is 30.7 Å². The molecule has 0 aliphatic carbocycles. The van der Waals surface area contributed by atoms with Crippen LogP contribution < -0.4 is 10.6 Å². The van der Waals surface area contributed by atoms with E-state index in [1.54, 1.807) is 7.11 Å². The molecule has 118 valence electrons. The van der Waals surface area contributed by atoms with Gasteiger partial charge in [0.05, 0.1) is 6.54 Å². The van der Waals surface area contributed by atoms with Crippen LogP contribution >= 0.6 is 11.6 Å². The Hall–Kier alpha value is -1.26. The molecule has 0 amide bonds. The number of nitrogens with one attached hydrogen (secondary N) is 2. The van der Waals surface area contributed by atoms with Crippen molar-refractivity contribution in [3.05, 3.63) is 34.9 Å². The number of hydrogen-bond donors (Lipinski definition) is 2. The summed E-state index contributed by atoms with van der Waals surface area (Å²) in [5.74, 6) is 0.816. The maximum Gasteiger partial charge on any atom is 0.191 e. The lowest BCUT2D eigenvalue weighted by atomic mass is 10.1. The lowest BCUT2D eigenvalue weighted by molar-refractivity contribution is 0.111. The fourth-order valence-electron chi connectivity index (χ4n) is 1.85. The van der Waals surface area contributed by atoms with Crippen LogP contribution in [0.25, 0.3) is 0 Å². The number of rotatable bonds is 7. The lowest BCUT2D eigenvalue weighted by Crippen LogP contribution is -2.42. The highest BCUT2D eigenvalue weighted by Crippen LogP contribution is 2.20. The third-order valence-electron chi connectivity index (χ3n) is 3.26. The van der Waals surface area contributed by atoms with Crippen molar-refractivity contribution in [1.29, 1.82) is 0 Å². The zero-order valence-electron chi connectivity index (χ0n) is 13.3. The Morgan fingerprint density at radius 1 is 1.38 bits per heavy atom. The van der Waals surface area contributed by atoms with Gasteiger partial charge in [-0.25, -0.2) is 0 Å². The normalized spacial score (nSPS) is 14.6. The lowest BCUT2D eigenvalue weighted by Gasteiger charge is -2.18. The second kappa shape index (κ2) is 9.64. The van der Waals surface area contributed by atoms with Gasteiger partial charge < -0.3 is 15.4 Å². The van der Waals surface area contributed by atoms with E-state index in [1.807, 2.05) is 24.3 Å². The second-order valence-electron chi connectivity index (χ2n) is 4.95. The summed E-state index contributed by atoms with van der Waals surface area (Å²) >= 11 is 6.03. The zero-order chi connectivity index (χ0) is 15.7. The minimum atomic E-state index is -0.101. The molecular weight excluding hydrogens is 286 g/mol. The molecule has 0 radical (unpaired) electrons. The predicted octanol–water partition coefficient (Wildman–Crippen LogP) is 3.38. The molecule has 1 aromatic rings. The predicted molar refractivity (Wildman–Crippen MR) is 90.1 cm³/mol. The van der Waals surface area contributed by atoms with Crippen molar-refractivity contribution in [2.45, 2.75) is 39.3 Å². The minimum Gasteiger partial charge on any atom is -0.375 e. The number of nitrogens with zero attached hydrogens (tertiary/aromatic N) is 1. The summed E-state index contributed by atoms with van der Waals surface area (Å²) in [7, 11) is 1.69. The van der Waals surface area contributed by atoms with Gasteiger partial charge >= 0.3 is 0 Å². The number of halogens is 1. The molecule has 1 rings (SSSR count). The molecule has 0 heterocycles. The highest BCUT2D eigenvalue weighted by molar-refractivity contribution is 6.30. The van der Waals surface area contributed by atoms with Crippen molar-refractivity contribution in [3.8, 4) is 0 Å². The summed E-state index contributed by atoms with van der Waals surface area (Å²) in [5, 5.41) is 7.33. The standard InChI is InChI=1S/C16H26ClN3O/c1-5-12(3)20-16(18-6-2)19-11-15(21-4)13-8-7-9-14(17)10-13/h7-10,12,15H,5-6,11H2,1-4H3,(H2,18,19,20). The third-order valence-corrected chi connectivity index (χ3v) is 3.50. The summed E-state index contributed by atoms with van der Waals surface area (Å²) in [5.41, 5.74) is 1.04. The Morgan fingerprint density at radius 3 is 2.71 bits per heavy atom. The molecule has 0 aliphatic rings. The molecule has 0 aliphatic heterocycles. The van der Waals surface area contributed by atoms with Gasteiger partial charge in [0.15, 0.2) is 5.96 Å². The van der Waals surface area contributed by atoms with E-state index in [0.29, 0.717) is 17.6 Å². The van der Waals surface area contributed by atoms with E-state index in [-0.39, 0.29) is 6.10 Å². The molecule has 0 saturated carbocycles. The van der Waals surface area contributed by atoms with Crippen LogP contribution in [0, 0.1) is 0 Å². The topological polar surface area (TPSA) is 45.7 Å². The van der Waals surface area contributed by atoms with Gasteiger partial charge in [0.1, 0.15) is 6.10 Å². The quantitative estimate of drug-likeness (QED) is 0.599. The van der Waals surface area contributed by atoms with Gasteiger partial charge in [0.2, 0.25) is 0 Å². The number of aliphatic imine (C=N–C) groups is 1. The number of benzene rings is 1. The van der Waals surface area contributed by atoms with Gasteiger partial charge in [0, 0.05) is 24.7 Å². The van der Waals surface area contributed by atoms with Crippen molar-refractivity contribution in [2.75, 3.05) is 20.2 Å². The summed E-state index contributed by atoms with van der Waals surface area (Å²) in [4.78, 5) is 4.60. The van der Waals surface area contributed by atoms with Crippen LogP contribution in [0.5, 0.6) is 0 Å². The summed E-state index contributed by atoms with van der Waals surface area (Å²) in [6.45, 7) is 7.71. The highest BCUT2D eigenvalue weighted by Gasteiger charge is 2.11. The minimum absolute atomic E-state index is 0.101. The Balaban J connectivity index is 2.75. The first-order valence-electron chi connectivity index (χ1n) is 7.43. The fraction of sp³-hybridized carbons (Fsp3) is 0.562. The van der Waals surface area contributed by atoms with Gasteiger partial charge in [-0.2, -0.15) is 0 Å². The Kier molecular flexibility index (Phi) is 8.16. The van der Waals surface area contributed by atoms with E-state index in [9.17, 15) is 0 Å². The van der Waals surface area contributed by atoms with E-state index in [2.05, 4.69) is 36.4 Å². The van der Waals surface area contributed by atoms with Crippen LogP contribution in [0.15, 0.2) is 29.3 Å². The molecule has 0 fully saturated rings. The second-order valence-corrected chi connectivity index (χ2v) is 5.39. The van der Waals surface area contributed by atoms with E-state index < -0.39 is 0 Å². The fourth-order valence-corrected chi connectivity index (χ4v) is 2.05. The van der Waals surface area contributed by atoms with Crippen LogP contribution in [0.3, 0.4) is 0 Å². The van der Waals surface area contributed by atoms with Crippen molar-refractivity contribution >= 4 is 17.6 Å². The molecule has 0 bridgehead atoms. The highest BCUT2D eigenvalue weighted by atomic mass is 35.5. The van der Waals surface area contributed by atoms with Crippen molar-refractivity contribution in [1.82, 2.24) is 10.6 Å². The monoisotopic (exact) mass is 311 g/mol. The number of hydrogen-bond acceptors (Lipinski definition) is 2. The summed E-state index contributed by atoms with van der Waals surface area (Å²) in [6.07, 6.45) is 0.947. The molecule has 2 unspecified atom stereocenters. The van der Waals surface area contributed by atoms with Crippen molar-refractivity contribution in [2.24, 2.45) is 4.99 Å². The van der Waals surface area contributed by atoms with Gasteiger partial charge in [-0.05, 0) is 38.0 Å². The van der Waals surface area contributed by atoms with E-state index in [4.69, 9.17) is 16.3 Å². The van der Waals surface area contributed by atoms with Gasteiger partial charge in [-0.15, -0.1) is 0 Å². The van der Waals surface area contributed by atoms with E-state index in [0.717, 1.165) is 24.5 Å². The molecule has 1 aromatic carbocycles. The van der Waals surface area contributed by atoms with Crippen molar-refractivity contribution in [3.63, 3.8) is 0 Å². The largest absolute Gasteiger partial charge is 0.375 e. The molecule has 0 saturated heterocycles. The third kappa shape index (κ3) is 6.36. The maximum atomic E-state index is 6.03. The first-order chi connectivity index (χ1) is 10.1. The van der Waals surface area contributed by atoms with Gasteiger partial charge in [-0.3, -0.25) is 4.99 Å². The Labute approximate surface area is 132 Å². The molecular formula is C16H26ClN3O. The first kappa shape index (κ1) is 17.8. The average molecular weight is 312 g/mol. The molecule has 21 heavy (non-hydrogen) atoms. The average Bonchev–Trinajstić information content (AvgIpc) is 2.48. The van der Waals surface area contributed by atoms with Crippen LogP contribution in [0.1, 0.15) is 38.9 Å². The van der Waals surface area contributed by atoms with E-state index >= 15 is 0 Å². The SMILES string of the molecule is CCNC(=NCC(OC)c1cccc(Cl)c1)NC(C)CC. The number of ether oxygens (including phenoxy) is 1. The molecule has 2 atom stereocenters. The molecule has 0 aromatic heterocycles. The summed E-state index contributed by atoms with van der Waals surface area (Å²) < 4.78 is 5.53. The summed E-state index contributed by atoms with van der Waals surface area (Å²) in [6, 6.07) is 8.09. The number of methoxy groups -OCH3 is 1. The van der Waals surface area contributed by atoms with Gasteiger partial charge in [0.25, 0.3) is 0 Å². The molecule has 5 heteroatoms. The maximum absolute atomic E-state index is 6.03. The van der Waals surface area contributed by atoms with Crippen LogP contribution in [0.4, 0.5) is 0 Å². The Morgan fingerprint density at radius 2 is 2.14 bits per heavy atom. The smallest absolute Gasteiger partial charge is 0.191 e. The van der Waals surface area contributed by atoms with Crippen LogP contribution in [0.2, 0.25) is 5.02 Å². The number of guanidine groups is 1. The van der Waals surface area contributed by atoms with E-state index in [1.165, 1.54) is 0 Å². The zero-order valence-corrected chi connectivity index (χ0v) is 14.1. The Bertz CT molecular complexity index is 451. The van der Waals surface area contributed by atoms with Crippen LogP contribution in [-0.4, -0.2) is 32.2 Å². The molecule has 0 spiro atoms. The molecule has 4 nitrogen and oxygen atoms in total. The first-order valence-corrected chi connectivity index (χ1v) is 7.81. The van der Waals surface area contributed by atoms with Crippen molar-refractivity contribution < 1.29 is 4.74 Å². The molecule has 2 N–H and O–H groups in total. The van der Waals surface area contributed by atoms with Crippen LogP contribution in [-0.2, 0) is 4.74 Å².